The Hall–Kier alpha value is 0.0249. The molecule has 2 heteroatoms. The van der Waals surface area contributed by atoms with Gasteiger partial charge in [0.2, 0.25) is 0 Å². The van der Waals surface area contributed by atoms with Gasteiger partial charge in [-0.3, -0.25) is 0 Å². The lowest BCUT2D eigenvalue weighted by Gasteiger charge is -2.20. The maximum Gasteiger partial charge on any atom is 0.154 e. The van der Waals surface area contributed by atoms with E-state index in [1.165, 1.54) is 26.5 Å². The molecule has 8 heavy (non-hydrogen) atoms. The first-order chi connectivity index (χ1) is 3.93. The van der Waals surface area contributed by atoms with Crippen LogP contribution in [0.4, 0.5) is 0 Å². The van der Waals surface area contributed by atoms with Crippen LogP contribution in [0.5, 0.6) is 0 Å². The second-order valence-electron chi connectivity index (χ2n) is 2.40. The Morgan fingerprint density at radius 1 is 1.50 bits per heavy atom. The summed E-state index contributed by atoms with van der Waals surface area (Å²) in [4.78, 5) is 0. The van der Waals surface area contributed by atoms with Crippen molar-refractivity contribution in [3.63, 3.8) is 0 Å². The summed E-state index contributed by atoms with van der Waals surface area (Å²) in [5.41, 5.74) is 0. The summed E-state index contributed by atoms with van der Waals surface area (Å²) < 4.78 is 5.43. The van der Waals surface area contributed by atoms with Crippen molar-refractivity contribution in [2.75, 3.05) is 6.61 Å². The maximum absolute atomic E-state index is 5.43. The molecular weight excluding hydrogens is 98.9 g/mol. The minimum Gasteiger partial charge on any atom is -0.387 e. The monoisotopic (exact) mass is 112 g/mol. The first-order valence-corrected chi connectivity index (χ1v) is 3.55. The molecule has 0 aromatic rings. The topological polar surface area (TPSA) is 9.23 Å². The lowest BCUT2D eigenvalue weighted by molar-refractivity contribution is 0.0655. The molecule has 0 spiro atoms. The van der Waals surface area contributed by atoms with Crippen LogP contribution in [0.25, 0.3) is 0 Å². The van der Waals surface area contributed by atoms with E-state index in [2.05, 4.69) is 6.82 Å². The second kappa shape index (κ2) is 3.13. The standard InChI is InChI=1S/C6H13BO/c1-7-6-4-2-3-5-8-6/h6-7H,2-5H2,1H3. The van der Waals surface area contributed by atoms with E-state index in [1.807, 2.05) is 0 Å². The zero-order valence-corrected chi connectivity index (χ0v) is 5.52. The van der Waals surface area contributed by atoms with Gasteiger partial charge in [0.25, 0.3) is 0 Å². The molecule has 46 valence electrons. The van der Waals surface area contributed by atoms with Crippen LogP contribution in [-0.4, -0.2) is 19.9 Å². The van der Waals surface area contributed by atoms with Crippen molar-refractivity contribution in [2.45, 2.75) is 32.1 Å². The van der Waals surface area contributed by atoms with E-state index in [4.69, 9.17) is 4.74 Å². The second-order valence-corrected chi connectivity index (χ2v) is 2.40. The van der Waals surface area contributed by atoms with E-state index in [1.54, 1.807) is 0 Å². The van der Waals surface area contributed by atoms with Gasteiger partial charge in [-0.2, -0.15) is 0 Å². The highest BCUT2D eigenvalue weighted by Gasteiger charge is 2.10. The smallest absolute Gasteiger partial charge is 0.154 e. The molecule has 1 fully saturated rings. The minimum absolute atomic E-state index is 0.587. The normalized spacial score (nSPS) is 29.9. The zero-order valence-electron chi connectivity index (χ0n) is 5.52. The van der Waals surface area contributed by atoms with E-state index in [-0.39, 0.29) is 0 Å². The molecule has 0 N–H and O–H groups in total. The van der Waals surface area contributed by atoms with E-state index in [0.717, 1.165) is 6.61 Å². The summed E-state index contributed by atoms with van der Waals surface area (Å²) in [5.74, 6) is 0. The van der Waals surface area contributed by atoms with Gasteiger partial charge in [-0.15, -0.1) is 0 Å². The zero-order chi connectivity index (χ0) is 5.82. The Morgan fingerprint density at radius 2 is 2.38 bits per heavy atom. The molecule has 0 aromatic carbocycles. The van der Waals surface area contributed by atoms with Crippen LogP contribution < -0.4 is 0 Å². The van der Waals surface area contributed by atoms with Crippen molar-refractivity contribution < 1.29 is 4.74 Å². The molecule has 0 aromatic heterocycles. The van der Waals surface area contributed by atoms with Gasteiger partial charge in [-0.05, 0) is 19.3 Å². The third-order valence-electron chi connectivity index (χ3n) is 1.73. The predicted octanol–water partition coefficient (Wildman–Crippen LogP) is 0.998. The molecule has 1 aliphatic heterocycles. The summed E-state index contributed by atoms with van der Waals surface area (Å²) in [6, 6.07) is 0.587. The van der Waals surface area contributed by atoms with Crippen LogP contribution in [0.15, 0.2) is 0 Å². The van der Waals surface area contributed by atoms with Crippen molar-refractivity contribution in [1.29, 1.82) is 0 Å². The van der Waals surface area contributed by atoms with Crippen LogP contribution >= 0.6 is 0 Å². The third kappa shape index (κ3) is 1.51. The molecule has 1 nitrogen and oxygen atoms in total. The molecule has 1 saturated heterocycles. The van der Waals surface area contributed by atoms with Crippen molar-refractivity contribution >= 4 is 7.28 Å². The van der Waals surface area contributed by atoms with Gasteiger partial charge >= 0.3 is 0 Å². The Balaban J connectivity index is 2.13. The van der Waals surface area contributed by atoms with E-state index >= 15 is 0 Å². The van der Waals surface area contributed by atoms with Crippen LogP contribution in [0.3, 0.4) is 0 Å². The van der Waals surface area contributed by atoms with Crippen LogP contribution in [0.2, 0.25) is 6.82 Å². The third-order valence-corrected chi connectivity index (χ3v) is 1.73. The summed E-state index contributed by atoms with van der Waals surface area (Å²) >= 11 is 0. The predicted molar refractivity (Wildman–Crippen MR) is 36.6 cm³/mol. The fraction of sp³-hybridized carbons (Fsp3) is 1.00. The Morgan fingerprint density at radius 3 is 2.75 bits per heavy atom. The SMILES string of the molecule is CBC1CCCCO1. The van der Waals surface area contributed by atoms with Gasteiger partial charge in [0.05, 0.1) is 0 Å². The molecule has 1 heterocycles. The Labute approximate surface area is 51.7 Å². The van der Waals surface area contributed by atoms with Crippen LogP contribution in [-0.2, 0) is 4.74 Å². The van der Waals surface area contributed by atoms with Gasteiger partial charge in [-0.25, -0.2) is 0 Å². The first-order valence-electron chi connectivity index (χ1n) is 3.55. The molecule has 0 radical (unpaired) electrons. The van der Waals surface area contributed by atoms with E-state index in [9.17, 15) is 0 Å². The Bertz CT molecular complexity index is 59.5. The van der Waals surface area contributed by atoms with Crippen LogP contribution in [0.1, 0.15) is 19.3 Å². The molecule has 1 aliphatic rings. The lowest BCUT2D eigenvalue weighted by atomic mass is 9.72. The fourth-order valence-corrected chi connectivity index (χ4v) is 1.13. The first kappa shape index (κ1) is 6.15. The van der Waals surface area contributed by atoms with Gasteiger partial charge in [-0.1, -0.05) is 6.82 Å². The molecule has 0 saturated carbocycles. The molecule has 0 amide bonds. The maximum atomic E-state index is 5.43. The average Bonchev–Trinajstić information content (AvgIpc) is 1.90. The van der Waals surface area contributed by atoms with Gasteiger partial charge < -0.3 is 4.74 Å². The summed E-state index contributed by atoms with van der Waals surface area (Å²) in [6.07, 6.45) is 3.94. The van der Waals surface area contributed by atoms with Crippen molar-refractivity contribution in [1.82, 2.24) is 0 Å². The van der Waals surface area contributed by atoms with Crippen molar-refractivity contribution in [2.24, 2.45) is 0 Å². The number of hydrogen-bond donors (Lipinski definition) is 0. The molecular formula is C6H13BO. The molecule has 0 aliphatic carbocycles. The van der Waals surface area contributed by atoms with E-state index < -0.39 is 0 Å². The quantitative estimate of drug-likeness (QED) is 0.459. The fourth-order valence-electron chi connectivity index (χ4n) is 1.13. The molecule has 0 bridgehead atoms. The highest BCUT2D eigenvalue weighted by molar-refractivity contribution is 6.35. The largest absolute Gasteiger partial charge is 0.387 e. The van der Waals surface area contributed by atoms with Crippen molar-refractivity contribution in [3.05, 3.63) is 0 Å². The average molecular weight is 112 g/mol. The molecule has 1 unspecified atom stereocenters. The summed E-state index contributed by atoms with van der Waals surface area (Å²) in [7, 11) is 1.19. The highest BCUT2D eigenvalue weighted by atomic mass is 16.5. The van der Waals surface area contributed by atoms with Crippen LogP contribution in [0, 0.1) is 0 Å². The number of ether oxygens (including phenoxy) is 1. The van der Waals surface area contributed by atoms with Crippen molar-refractivity contribution in [3.8, 4) is 0 Å². The summed E-state index contributed by atoms with van der Waals surface area (Å²) in [5, 5.41) is 0. The van der Waals surface area contributed by atoms with Gasteiger partial charge in [0.15, 0.2) is 7.28 Å². The number of hydrogen-bond acceptors (Lipinski definition) is 1. The van der Waals surface area contributed by atoms with Gasteiger partial charge in [0.1, 0.15) is 0 Å². The Kier molecular flexibility index (Phi) is 2.41. The lowest BCUT2D eigenvalue weighted by Crippen LogP contribution is -2.23. The summed E-state index contributed by atoms with van der Waals surface area (Å²) in [6.45, 7) is 3.19. The minimum atomic E-state index is 0.587. The molecule has 1 rings (SSSR count). The number of rotatable bonds is 1. The molecule has 1 atom stereocenters. The highest BCUT2D eigenvalue weighted by Crippen LogP contribution is 2.10. The van der Waals surface area contributed by atoms with Gasteiger partial charge in [0, 0.05) is 12.6 Å². The van der Waals surface area contributed by atoms with E-state index in [0.29, 0.717) is 6.00 Å².